The fourth-order valence-electron chi connectivity index (χ4n) is 1.60. The number of allylic oxidation sites excluding steroid dienone is 1. The van der Waals surface area contributed by atoms with E-state index in [0.29, 0.717) is 13.2 Å². The summed E-state index contributed by atoms with van der Waals surface area (Å²) in [5.41, 5.74) is 0. The van der Waals surface area contributed by atoms with Crippen molar-refractivity contribution in [2.24, 2.45) is 0 Å². The Bertz CT molecular complexity index is 306. The molecule has 78 valence electrons. The van der Waals surface area contributed by atoms with Crippen molar-refractivity contribution in [3.05, 3.63) is 10.8 Å². The van der Waals surface area contributed by atoms with Crippen molar-refractivity contribution >= 4 is 29.0 Å². The van der Waals surface area contributed by atoms with Crippen LogP contribution in [-0.2, 0) is 19.0 Å². The van der Waals surface area contributed by atoms with Crippen LogP contribution in [0.4, 0.5) is 0 Å². The van der Waals surface area contributed by atoms with Gasteiger partial charge in [0.2, 0.25) is 5.78 Å². The highest BCUT2D eigenvalue weighted by Gasteiger charge is 2.59. The Labute approximate surface area is 90.7 Å². The highest BCUT2D eigenvalue weighted by Crippen LogP contribution is 2.44. The topological polar surface area (TPSA) is 44.8 Å². The van der Waals surface area contributed by atoms with Crippen molar-refractivity contribution in [3.63, 3.8) is 0 Å². The van der Waals surface area contributed by atoms with Gasteiger partial charge in [0.15, 0.2) is 11.1 Å². The molecule has 1 heterocycles. The second-order valence-electron chi connectivity index (χ2n) is 2.94. The lowest BCUT2D eigenvalue weighted by molar-refractivity contribution is -0.152. The highest BCUT2D eigenvalue weighted by molar-refractivity contribution is 6.50. The van der Waals surface area contributed by atoms with Crippen molar-refractivity contribution in [1.29, 1.82) is 0 Å². The van der Waals surface area contributed by atoms with E-state index in [1.165, 1.54) is 7.11 Å². The number of ketones is 1. The minimum atomic E-state index is -1.30. The Kier molecular flexibility index (Phi) is 2.47. The first kappa shape index (κ1) is 10.2. The SMILES string of the molecule is COC1=C(Cl)C(=O)C(Cl)C12OCCO2. The molecule has 0 aromatic carbocycles. The first-order valence-electron chi connectivity index (χ1n) is 4.04. The second kappa shape index (κ2) is 3.38. The molecule has 0 saturated carbocycles. The number of carbonyl (C=O) groups is 1. The van der Waals surface area contributed by atoms with Crippen molar-refractivity contribution in [1.82, 2.24) is 0 Å². The summed E-state index contributed by atoms with van der Waals surface area (Å²) in [6, 6.07) is 0. The van der Waals surface area contributed by atoms with E-state index in [0.717, 1.165) is 0 Å². The maximum atomic E-state index is 11.5. The fourth-order valence-corrected chi connectivity index (χ4v) is 2.31. The molecular formula is C8H8Cl2O4. The Hall–Kier alpha value is -0.290. The van der Waals surface area contributed by atoms with Crippen LogP contribution in [0.5, 0.6) is 0 Å². The zero-order chi connectivity index (χ0) is 10.3. The van der Waals surface area contributed by atoms with Crippen LogP contribution < -0.4 is 0 Å². The smallest absolute Gasteiger partial charge is 0.254 e. The van der Waals surface area contributed by atoms with Gasteiger partial charge >= 0.3 is 0 Å². The minimum absolute atomic E-state index is 0.0469. The molecule has 1 fully saturated rings. The normalized spacial score (nSPS) is 30.5. The van der Waals surface area contributed by atoms with Crippen LogP contribution in [0.1, 0.15) is 0 Å². The monoisotopic (exact) mass is 238 g/mol. The van der Waals surface area contributed by atoms with Crippen molar-refractivity contribution < 1.29 is 19.0 Å². The quantitative estimate of drug-likeness (QED) is 0.640. The number of rotatable bonds is 1. The van der Waals surface area contributed by atoms with Gasteiger partial charge in [-0.2, -0.15) is 0 Å². The summed E-state index contributed by atoms with van der Waals surface area (Å²) in [5, 5.41) is -1.01. The van der Waals surface area contributed by atoms with Crippen molar-refractivity contribution in [2.75, 3.05) is 20.3 Å². The molecule has 0 amide bonds. The Morgan fingerprint density at radius 2 is 2.07 bits per heavy atom. The molecule has 1 saturated heterocycles. The third-order valence-corrected chi connectivity index (χ3v) is 3.06. The molecule has 6 heteroatoms. The molecule has 4 nitrogen and oxygen atoms in total. The molecular weight excluding hydrogens is 231 g/mol. The molecule has 0 aromatic heterocycles. The predicted molar refractivity (Wildman–Crippen MR) is 49.2 cm³/mol. The maximum Gasteiger partial charge on any atom is 0.254 e. The third kappa shape index (κ3) is 1.11. The van der Waals surface area contributed by atoms with Gasteiger partial charge in [-0.15, -0.1) is 11.6 Å². The van der Waals surface area contributed by atoms with Crippen LogP contribution in [-0.4, -0.2) is 37.3 Å². The summed E-state index contributed by atoms with van der Waals surface area (Å²) < 4.78 is 15.6. The van der Waals surface area contributed by atoms with Crippen LogP contribution in [0, 0.1) is 0 Å². The average Bonchev–Trinajstić information content (AvgIpc) is 2.71. The molecule has 0 N–H and O–H groups in total. The van der Waals surface area contributed by atoms with Gasteiger partial charge in [0.1, 0.15) is 5.03 Å². The summed E-state index contributed by atoms with van der Waals surface area (Å²) in [6.07, 6.45) is 0. The molecule has 0 bridgehead atoms. The van der Waals surface area contributed by atoms with E-state index >= 15 is 0 Å². The molecule has 2 aliphatic rings. The van der Waals surface area contributed by atoms with Crippen molar-refractivity contribution in [3.8, 4) is 0 Å². The van der Waals surface area contributed by atoms with Crippen LogP contribution in [0.3, 0.4) is 0 Å². The molecule has 1 aliphatic carbocycles. The number of Topliss-reactive ketones (excluding diaryl/α,β-unsaturated/α-hetero) is 1. The van der Waals surface area contributed by atoms with Gasteiger partial charge in [-0.3, -0.25) is 4.79 Å². The van der Waals surface area contributed by atoms with E-state index in [1.807, 2.05) is 0 Å². The van der Waals surface area contributed by atoms with Gasteiger partial charge in [0.25, 0.3) is 5.79 Å². The van der Waals surface area contributed by atoms with Crippen LogP contribution in [0.2, 0.25) is 0 Å². The lowest BCUT2D eigenvalue weighted by atomic mass is 10.2. The van der Waals surface area contributed by atoms with Crippen LogP contribution in [0.25, 0.3) is 0 Å². The van der Waals surface area contributed by atoms with E-state index in [2.05, 4.69) is 0 Å². The predicted octanol–water partition coefficient (Wildman–Crippen LogP) is 1.02. The van der Waals surface area contributed by atoms with E-state index in [4.69, 9.17) is 37.4 Å². The molecule has 2 rings (SSSR count). The molecule has 1 atom stereocenters. The summed E-state index contributed by atoms with van der Waals surface area (Å²) >= 11 is 11.6. The summed E-state index contributed by atoms with van der Waals surface area (Å²) in [7, 11) is 1.40. The van der Waals surface area contributed by atoms with Gasteiger partial charge in [-0.1, -0.05) is 11.6 Å². The lowest BCUT2D eigenvalue weighted by Crippen LogP contribution is -2.41. The van der Waals surface area contributed by atoms with E-state index < -0.39 is 16.9 Å². The van der Waals surface area contributed by atoms with Gasteiger partial charge in [-0.25, -0.2) is 0 Å². The third-order valence-electron chi connectivity index (χ3n) is 2.22. The summed E-state index contributed by atoms with van der Waals surface area (Å²) in [4.78, 5) is 11.5. The van der Waals surface area contributed by atoms with Crippen LogP contribution in [0.15, 0.2) is 10.8 Å². The molecule has 0 radical (unpaired) electrons. The Morgan fingerprint density at radius 1 is 1.50 bits per heavy atom. The van der Waals surface area contributed by atoms with Gasteiger partial charge in [0, 0.05) is 0 Å². The van der Waals surface area contributed by atoms with Gasteiger partial charge < -0.3 is 14.2 Å². The Balaban J connectivity index is 2.45. The highest BCUT2D eigenvalue weighted by atomic mass is 35.5. The first-order chi connectivity index (χ1) is 6.63. The zero-order valence-corrected chi connectivity index (χ0v) is 8.89. The average molecular weight is 239 g/mol. The molecule has 0 aromatic rings. The molecule has 1 unspecified atom stereocenters. The second-order valence-corrected chi connectivity index (χ2v) is 3.75. The van der Waals surface area contributed by atoms with E-state index in [1.54, 1.807) is 0 Å². The lowest BCUT2D eigenvalue weighted by Gasteiger charge is -2.26. The number of alkyl halides is 1. The number of halogens is 2. The molecule has 14 heavy (non-hydrogen) atoms. The van der Waals surface area contributed by atoms with Crippen molar-refractivity contribution in [2.45, 2.75) is 11.2 Å². The summed E-state index contributed by atoms with van der Waals surface area (Å²) in [6.45, 7) is 0.737. The minimum Gasteiger partial charge on any atom is -0.494 e. The molecule has 1 spiro atoms. The first-order valence-corrected chi connectivity index (χ1v) is 4.85. The number of hydrogen-bond donors (Lipinski definition) is 0. The zero-order valence-electron chi connectivity index (χ0n) is 7.38. The number of hydrogen-bond acceptors (Lipinski definition) is 4. The van der Waals surface area contributed by atoms with Gasteiger partial charge in [-0.05, 0) is 0 Å². The summed E-state index contributed by atoms with van der Waals surface area (Å²) in [5.74, 6) is -1.56. The van der Waals surface area contributed by atoms with Crippen LogP contribution >= 0.6 is 23.2 Å². The van der Waals surface area contributed by atoms with E-state index in [-0.39, 0.29) is 10.8 Å². The molecule has 1 aliphatic heterocycles. The Morgan fingerprint density at radius 3 is 2.57 bits per heavy atom. The number of carbonyl (C=O) groups excluding carboxylic acids is 1. The number of ether oxygens (including phenoxy) is 3. The van der Waals surface area contributed by atoms with Gasteiger partial charge in [0.05, 0.1) is 20.3 Å². The largest absolute Gasteiger partial charge is 0.494 e. The standard InChI is InChI=1S/C8H8Cl2O4/c1-12-7-4(9)5(11)6(10)8(7)13-2-3-14-8/h6H,2-3H2,1H3. The fraction of sp³-hybridized carbons (Fsp3) is 0.625. The number of methoxy groups -OCH3 is 1. The van der Waals surface area contributed by atoms with E-state index in [9.17, 15) is 4.79 Å². The maximum absolute atomic E-state index is 11.5.